The molecule has 0 amide bonds. The average Bonchev–Trinajstić information content (AvgIpc) is 2.67. The van der Waals surface area contributed by atoms with Crippen LogP contribution in [0.2, 0.25) is 0 Å². The van der Waals surface area contributed by atoms with Crippen molar-refractivity contribution < 1.29 is 0 Å². The Morgan fingerprint density at radius 3 is 2.65 bits per heavy atom. The van der Waals surface area contributed by atoms with Crippen LogP contribution in [0.3, 0.4) is 0 Å². The molecule has 6 nitrogen and oxygen atoms in total. The monoisotopic (exact) mass is 342 g/mol. The summed E-state index contributed by atoms with van der Waals surface area (Å²) < 4.78 is 0. The van der Waals surface area contributed by atoms with E-state index in [2.05, 4.69) is 30.6 Å². The fourth-order valence-electron chi connectivity index (χ4n) is 2.73. The van der Waals surface area contributed by atoms with Gasteiger partial charge < -0.3 is 10.6 Å². The van der Waals surface area contributed by atoms with Gasteiger partial charge in [0.25, 0.3) is 0 Å². The van der Waals surface area contributed by atoms with E-state index in [4.69, 9.17) is 0 Å². The topological polar surface area (TPSA) is 75.6 Å². The Kier molecular flexibility index (Phi) is 4.38. The van der Waals surface area contributed by atoms with Gasteiger partial charge in [-0.3, -0.25) is 9.97 Å². The molecular weight excluding hydrogens is 324 g/mol. The van der Waals surface area contributed by atoms with Gasteiger partial charge in [0.05, 0.1) is 23.4 Å². The van der Waals surface area contributed by atoms with Crippen molar-refractivity contribution in [2.45, 2.75) is 13.5 Å². The number of nitrogens with one attached hydrogen (secondary N) is 2. The van der Waals surface area contributed by atoms with Crippen molar-refractivity contribution >= 4 is 28.4 Å². The van der Waals surface area contributed by atoms with E-state index < -0.39 is 0 Å². The third-order valence-electron chi connectivity index (χ3n) is 3.90. The Morgan fingerprint density at radius 2 is 1.77 bits per heavy atom. The lowest BCUT2D eigenvalue weighted by Crippen LogP contribution is -2.07. The second-order valence-electron chi connectivity index (χ2n) is 5.90. The van der Waals surface area contributed by atoms with Crippen molar-refractivity contribution in [3.63, 3.8) is 0 Å². The van der Waals surface area contributed by atoms with Crippen molar-refractivity contribution in [1.29, 1.82) is 0 Å². The van der Waals surface area contributed by atoms with E-state index in [0.717, 1.165) is 33.8 Å². The molecule has 4 rings (SSSR count). The predicted molar refractivity (Wildman–Crippen MR) is 103 cm³/mol. The zero-order valence-electron chi connectivity index (χ0n) is 14.3. The highest BCUT2D eigenvalue weighted by molar-refractivity contribution is 5.91. The Hall–Kier alpha value is -3.54. The van der Waals surface area contributed by atoms with Gasteiger partial charge in [-0.15, -0.1) is 0 Å². The van der Waals surface area contributed by atoms with E-state index in [1.54, 1.807) is 12.4 Å². The van der Waals surface area contributed by atoms with E-state index in [0.29, 0.717) is 12.5 Å². The maximum absolute atomic E-state index is 4.56. The molecule has 0 unspecified atom stereocenters. The molecule has 0 saturated carbocycles. The maximum Gasteiger partial charge on any atom is 0.225 e. The van der Waals surface area contributed by atoms with Crippen molar-refractivity contribution in [1.82, 2.24) is 19.9 Å². The first kappa shape index (κ1) is 16.0. The van der Waals surface area contributed by atoms with Crippen LogP contribution in [0.25, 0.3) is 10.9 Å². The Bertz CT molecular complexity index is 1030. The van der Waals surface area contributed by atoms with Crippen molar-refractivity contribution in [2.75, 3.05) is 10.6 Å². The molecule has 0 aliphatic carbocycles. The number of fused-ring (bicyclic) bond motifs is 1. The summed E-state index contributed by atoms with van der Waals surface area (Å²) in [7, 11) is 0. The SMILES string of the molecule is Cc1cc(Nc2cccc3cccnc23)nc(NCc2ccccn2)n1. The molecule has 3 aromatic heterocycles. The first-order valence-electron chi connectivity index (χ1n) is 8.38. The van der Waals surface area contributed by atoms with Crippen LogP contribution in [0.5, 0.6) is 0 Å². The van der Waals surface area contributed by atoms with Gasteiger partial charge in [-0.05, 0) is 31.2 Å². The number of hydrogen-bond acceptors (Lipinski definition) is 6. The van der Waals surface area contributed by atoms with Crippen LogP contribution in [-0.2, 0) is 6.54 Å². The molecule has 0 fully saturated rings. The number of nitrogens with zero attached hydrogens (tertiary/aromatic N) is 4. The summed E-state index contributed by atoms with van der Waals surface area (Å²) in [5.74, 6) is 1.28. The number of aryl methyl sites for hydroxylation is 1. The number of para-hydroxylation sites is 1. The molecule has 4 aromatic rings. The van der Waals surface area contributed by atoms with Gasteiger partial charge in [-0.2, -0.15) is 4.98 Å². The standard InChI is InChI=1S/C20H18N6/c1-14-12-18(25-17-9-4-6-15-7-5-11-22-19(15)17)26-20(24-14)23-13-16-8-2-3-10-21-16/h2-12H,13H2,1H3,(H2,23,24,25,26). The minimum Gasteiger partial charge on any atom is -0.349 e. The average molecular weight is 342 g/mol. The fraction of sp³-hybridized carbons (Fsp3) is 0.100. The minimum absolute atomic E-state index is 0.561. The molecule has 26 heavy (non-hydrogen) atoms. The summed E-state index contributed by atoms with van der Waals surface area (Å²) >= 11 is 0. The molecule has 2 N–H and O–H groups in total. The Balaban J connectivity index is 1.58. The highest BCUT2D eigenvalue weighted by Gasteiger charge is 2.06. The normalized spacial score (nSPS) is 10.7. The van der Waals surface area contributed by atoms with Crippen molar-refractivity contribution in [3.05, 3.63) is 78.4 Å². The maximum atomic E-state index is 4.56. The smallest absolute Gasteiger partial charge is 0.225 e. The summed E-state index contributed by atoms with van der Waals surface area (Å²) in [4.78, 5) is 17.8. The highest BCUT2D eigenvalue weighted by atomic mass is 15.1. The van der Waals surface area contributed by atoms with Gasteiger partial charge in [0.1, 0.15) is 5.82 Å². The largest absolute Gasteiger partial charge is 0.349 e. The number of hydrogen-bond donors (Lipinski definition) is 2. The molecule has 0 spiro atoms. The van der Waals surface area contributed by atoms with Gasteiger partial charge in [0.15, 0.2) is 0 Å². The Morgan fingerprint density at radius 1 is 0.885 bits per heavy atom. The number of rotatable bonds is 5. The minimum atomic E-state index is 0.561. The first-order valence-corrected chi connectivity index (χ1v) is 8.38. The highest BCUT2D eigenvalue weighted by Crippen LogP contribution is 2.24. The van der Waals surface area contributed by atoms with Crippen LogP contribution in [0.1, 0.15) is 11.4 Å². The lowest BCUT2D eigenvalue weighted by molar-refractivity contribution is 0.991. The Labute approximate surface area is 151 Å². The van der Waals surface area contributed by atoms with E-state index in [-0.39, 0.29) is 0 Å². The fourth-order valence-corrected chi connectivity index (χ4v) is 2.73. The van der Waals surface area contributed by atoms with Crippen molar-refractivity contribution in [2.24, 2.45) is 0 Å². The third kappa shape index (κ3) is 3.59. The first-order chi connectivity index (χ1) is 12.8. The molecule has 1 aromatic carbocycles. The zero-order chi connectivity index (χ0) is 17.8. The van der Waals surface area contributed by atoms with Gasteiger partial charge in [0, 0.05) is 29.5 Å². The molecule has 0 saturated heterocycles. The zero-order valence-corrected chi connectivity index (χ0v) is 14.3. The van der Waals surface area contributed by atoms with Gasteiger partial charge in [-0.1, -0.05) is 24.3 Å². The lowest BCUT2D eigenvalue weighted by Gasteiger charge is -2.11. The number of anilines is 3. The van der Waals surface area contributed by atoms with Crippen molar-refractivity contribution in [3.8, 4) is 0 Å². The molecule has 0 atom stereocenters. The van der Waals surface area contributed by atoms with Crippen LogP contribution < -0.4 is 10.6 Å². The van der Waals surface area contributed by atoms with E-state index in [1.807, 2.05) is 61.5 Å². The molecule has 128 valence electrons. The molecule has 0 aliphatic rings. The summed E-state index contributed by atoms with van der Waals surface area (Å²) in [5, 5.41) is 7.66. The van der Waals surface area contributed by atoms with Crippen LogP contribution in [-0.4, -0.2) is 19.9 Å². The molecular formula is C20H18N6. The van der Waals surface area contributed by atoms with E-state index in [9.17, 15) is 0 Å². The molecule has 3 heterocycles. The predicted octanol–water partition coefficient (Wildman–Crippen LogP) is 4.08. The molecule has 0 aliphatic heterocycles. The lowest BCUT2D eigenvalue weighted by atomic mass is 10.2. The van der Waals surface area contributed by atoms with Crippen LogP contribution in [0, 0.1) is 6.92 Å². The van der Waals surface area contributed by atoms with Crippen LogP contribution in [0.15, 0.2) is 67.0 Å². The van der Waals surface area contributed by atoms with E-state index in [1.165, 1.54) is 0 Å². The van der Waals surface area contributed by atoms with Gasteiger partial charge in [-0.25, -0.2) is 4.98 Å². The summed E-state index contributed by atoms with van der Waals surface area (Å²) in [5.41, 5.74) is 3.63. The number of aromatic nitrogens is 4. The van der Waals surface area contributed by atoms with Crippen LogP contribution >= 0.6 is 0 Å². The van der Waals surface area contributed by atoms with E-state index >= 15 is 0 Å². The van der Waals surface area contributed by atoms with Crippen LogP contribution in [0.4, 0.5) is 17.5 Å². The summed E-state index contributed by atoms with van der Waals surface area (Å²) in [6, 6.07) is 17.7. The molecule has 6 heteroatoms. The summed E-state index contributed by atoms with van der Waals surface area (Å²) in [6.45, 7) is 2.51. The van der Waals surface area contributed by atoms with Gasteiger partial charge >= 0.3 is 0 Å². The second kappa shape index (κ2) is 7.14. The number of pyridine rings is 2. The summed E-state index contributed by atoms with van der Waals surface area (Å²) in [6.07, 6.45) is 3.56. The quantitative estimate of drug-likeness (QED) is 0.569. The second-order valence-corrected chi connectivity index (χ2v) is 5.90. The molecule has 0 bridgehead atoms. The number of benzene rings is 1. The molecule has 0 radical (unpaired) electrons. The third-order valence-corrected chi connectivity index (χ3v) is 3.90. The van der Waals surface area contributed by atoms with Gasteiger partial charge in [0.2, 0.25) is 5.95 Å².